The van der Waals surface area contributed by atoms with Crippen LogP contribution in [0.2, 0.25) is 0 Å². The summed E-state index contributed by atoms with van der Waals surface area (Å²) >= 11 is 0. The van der Waals surface area contributed by atoms with Crippen LogP contribution in [0.3, 0.4) is 0 Å². The summed E-state index contributed by atoms with van der Waals surface area (Å²) in [4.78, 5) is 10.9. The van der Waals surface area contributed by atoms with E-state index in [0.29, 0.717) is 17.1 Å². The summed E-state index contributed by atoms with van der Waals surface area (Å²) in [6, 6.07) is 4.92. The van der Waals surface area contributed by atoms with E-state index in [-0.39, 0.29) is 12.4 Å². The lowest BCUT2D eigenvalue weighted by atomic mass is 10.2. The van der Waals surface area contributed by atoms with Gasteiger partial charge in [-0.05, 0) is 12.1 Å². The molecular weight excluding hydrogens is 220 g/mol. The highest BCUT2D eigenvalue weighted by Gasteiger charge is 2.06. The van der Waals surface area contributed by atoms with Crippen LogP contribution in [-0.4, -0.2) is 20.3 Å². The highest BCUT2D eigenvalue weighted by molar-refractivity contribution is 5.87. The third-order valence-electron chi connectivity index (χ3n) is 1.65. The minimum atomic E-state index is -0.548. The number of nitrogen functional groups attached to an aromatic ring is 1. The number of amides is 1. The van der Waals surface area contributed by atoms with E-state index in [1.165, 1.54) is 14.2 Å². The molecule has 0 saturated carbocycles. The average Bonchev–Trinajstić information content (AvgIpc) is 2.20. The molecular formula is C9H13ClN2O3. The summed E-state index contributed by atoms with van der Waals surface area (Å²) in [7, 11) is 2.79. The van der Waals surface area contributed by atoms with Gasteiger partial charge in [0.25, 0.3) is 0 Å². The summed E-state index contributed by atoms with van der Waals surface area (Å²) < 4.78 is 9.47. The van der Waals surface area contributed by atoms with Gasteiger partial charge in [0, 0.05) is 11.8 Å². The Hall–Kier alpha value is -1.62. The number of nitrogens with two attached hydrogens (primary N) is 1. The van der Waals surface area contributed by atoms with Crippen molar-refractivity contribution in [1.82, 2.24) is 0 Å². The average molecular weight is 233 g/mol. The van der Waals surface area contributed by atoms with Gasteiger partial charge < -0.3 is 15.2 Å². The Kier molecular flexibility index (Phi) is 5.33. The van der Waals surface area contributed by atoms with Crippen molar-refractivity contribution in [3.63, 3.8) is 0 Å². The van der Waals surface area contributed by atoms with Gasteiger partial charge >= 0.3 is 6.09 Å². The van der Waals surface area contributed by atoms with Crippen molar-refractivity contribution in [2.45, 2.75) is 0 Å². The molecule has 0 unspecified atom stereocenters. The van der Waals surface area contributed by atoms with Gasteiger partial charge in [-0.25, -0.2) is 4.79 Å². The van der Waals surface area contributed by atoms with Gasteiger partial charge in [0.2, 0.25) is 0 Å². The number of nitrogens with one attached hydrogen (secondary N) is 1. The maximum Gasteiger partial charge on any atom is 0.411 e. The quantitative estimate of drug-likeness (QED) is 0.764. The van der Waals surface area contributed by atoms with Crippen LogP contribution < -0.4 is 15.8 Å². The molecule has 1 aromatic carbocycles. The number of halogens is 1. The van der Waals surface area contributed by atoms with Crippen LogP contribution >= 0.6 is 12.4 Å². The van der Waals surface area contributed by atoms with Gasteiger partial charge in [-0.2, -0.15) is 0 Å². The first-order valence-corrected chi connectivity index (χ1v) is 3.96. The number of hydrogen-bond acceptors (Lipinski definition) is 4. The molecule has 0 atom stereocenters. The predicted molar refractivity (Wildman–Crippen MR) is 60.7 cm³/mol. The van der Waals surface area contributed by atoms with E-state index >= 15 is 0 Å². The van der Waals surface area contributed by atoms with E-state index in [4.69, 9.17) is 10.5 Å². The molecule has 1 aromatic rings. The number of methoxy groups -OCH3 is 2. The van der Waals surface area contributed by atoms with E-state index in [9.17, 15) is 4.79 Å². The summed E-state index contributed by atoms with van der Waals surface area (Å²) in [5.74, 6) is 0.496. The second-order valence-electron chi connectivity index (χ2n) is 2.58. The highest BCUT2D eigenvalue weighted by Crippen LogP contribution is 2.26. The Balaban J connectivity index is 0.00000196. The maximum absolute atomic E-state index is 10.9. The number of carbonyl (C=O) groups is 1. The van der Waals surface area contributed by atoms with Crippen molar-refractivity contribution < 1.29 is 14.3 Å². The summed E-state index contributed by atoms with van der Waals surface area (Å²) in [5, 5.41) is 2.50. The van der Waals surface area contributed by atoms with E-state index in [2.05, 4.69) is 10.1 Å². The molecule has 0 radical (unpaired) electrons. The fourth-order valence-corrected chi connectivity index (χ4v) is 0.972. The Labute approximate surface area is 94.0 Å². The predicted octanol–water partition coefficient (Wildman–Crippen LogP) is 1.88. The van der Waals surface area contributed by atoms with E-state index in [0.717, 1.165) is 0 Å². The molecule has 0 aliphatic carbocycles. The molecule has 15 heavy (non-hydrogen) atoms. The largest absolute Gasteiger partial charge is 0.494 e. The fraction of sp³-hybridized carbons (Fsp3) is 0.222. The zero-order chi connectivity index (χ0) is 10.6. The van der Waals surface area contributed by atoms with Gasteiger partial charge in [-0.1, -0.05) is 0 Å². The number of carbonyl (C=O) groups excluding carboxylic acids is 1. The summed E-state index contributed by atoms with van der Waals surface area (Å²) in [5.41, 5.74) is 6.63. The molecule has 0 spiro atoms. The van der Waals surface area contributed by atoms with Gasteiger partial charge in [-0.15, -0.1) is 12.4 Å². The lowest BCUT2D eigenvalue weighted by molar-refractivity contribution is 0.187. The zero-order valence-electron chi connectivity index (χ0n) is 8.44. The van der Waals surface area contributed by atoms with Crippen LogP contribution in [0.25, 0.3) is 0 Å². The van der Waals surface area contributed by atoms with Crippen molar-refractivity contribution in [3.8, 4) is 5.75 Å². The molecule has 1 rings (SSSR count). The minimum Gasteiger partial charge on any atom is -0.494 e. The third-order valence-corrected chi connectivity index (χ3v) is 1.65. The van der Waals surface area contributed by atoms with Gasteiger partial charge in [0.15, 0.2) is 0 Å². The van der Waals surface area contributed by atoms with Crippen LogP contribution in [0.15, 0.2) is 18.2 Å². The Morgan fingerprint density at radius 2 is 2.07 bits per heavy atom. The summed E-state index contributed by atoms with van der Waals surface area (Å²) in [6.07, 6.45) is -0.548. The monoisotopic (exact) mass is 232 g/mol. The minimum absolute atomic E-state index is 0. The van der Waals surface area contributed by atoms with Crippen LogP contribution in [0.5, 0.6) is 5.75 Å². The van der Waals surface area contributed by atoms with Gasteiger partial charge in [0.1, 0.15) is 5.75 Å². The van der Waals surface area contributed by atoms with Crippen molar-refractivity contribution in [2.24, 2.45) is 0 Å². The molecule has 0 bridgehead atoms. The third kappa shape index (κ3) is 3.55. The van der Waals surface area contributed by atoms with E-state index in [1.807, 2.05) is 0 Å². The fourth-order valence-electron chi connectivity index (χ4n) is 0.972. The molecule has 0 heterocycles. The zero-order valence-corrected chi connectivity index (χ0v) is 9.26. The number of rotatable bonds is 2. The first-order valence-electron chi connectivity index (χ1n) is 3.96. The van der Waals surface area contributed by atoms with Gasteiger partial charge in [0.05, 0.1) is 19.9 Å². The van der Waals surface area contributed by atoms with E-state index < -0.39 is 6.09 Å². The second-order valence-corrected chi connectivity index (χ2v) is 2.58. The molecule has 0 aliphatic heterocycles. The molecule has 0 fully saturated rings. The second kappa shape index (κ2) is 5.98. The smallest absolute Gasteiger partial charge is 0.411 e. The lowest BCUT2D eigenvalue weighted by Gasteiger charge is -2.09. The Morgan fingerprint density at radius 3 is 2.60 bits per heavy atom. The Morgan fingerprint density at radius 1 is 1.40 bits per heavy atom. The molecule has 6 heteroatoms. The van der Waals surface area contributed by atoms with Crippen molar-refractivity contribution in [3.05, 3.63) is 18.2 Å². The first-order chi connectivity index (χ1) is 6.67. The highest BCUT2D eigenvalue weighted by atomic mass is 35.5. The summed E-state index contributed by atoms with van der Waals surface area (Å²) in [6.45, 7) is 0. The Bertz CT molecular complexity index is 344. The topological polar surface area (TPSA) is 73.6 Å². The van der Waals surface area contributed by atoms with Crippen LogP contribution in [0.4, 0.5) is 16.2 Å². The molecule has 1 amide bonds. The van der Waals surface area contributed by atoms with Crippen LogP contribution in [0.1, 0.15) is 0 Å². The molecule has 0 saturated heterocycles. The SMILES string of the molecule is COC(=O)Nc1ccc(N)cc1OC.Cl. The molecule has 3 N–H and O–H groups in total. The number of benzene rings is 1. The molecule has 84 valence electrons. The first kappa shape index (κ1) is 13.4. The molecule has 5 nitrogen and oxygen atoms in total. The normalized spacial score (nSPS) is 8.67. The van der Waals surface area contributed by atoms with E-state index in [1.54, 1.807) is 18.2 Å². The lowest BCUT2D eigenvalue weighted by Crippen LogP contribution is -2.11. The van der Waals surface area contributed by atoms with Crippen LogP contribution in [0, 0.1) is 0 Å². The standard InChI is InChI=1S/C9H12N2O3.ClH/c1-13-8-5-6(10)3-4-7(8)11-9(12)14-2;/h3-5H,10H2,1-2H3,(H,11,12);1H. The van der Waals surface area contributed by atoms with Gasteiger partial charge in [-0.3, -0.25) is 5.32 Å². The number of anilines is 2. The van der Waals surface area contributed by atoms with Crippen molar-refractivity contribution in [1.29, 1.82) is 0 Å². The van der Waals surface area contributed by atoms with Crippen LogP contribution in [-0.2, 0) is 4.74 Å². The number of ether oxygens (including phenoxy) is 2. The molecule has 0 aliphatic rings. The number of hydrogen-bond donors (Lipinski definition) is 2. The maximum atomic E-state index is 10.9. The van der Waals surface area contributed by atoms with Crippen molar-refractivity contribution in [2.75, 3.05) is 25.3 Å². The molecule has 0 aromatic heterocycles. The van der Waals surface area contributed by atoms with Crippen molar-refractivity contribution >= 4 is 29.9 Å².